The van der Waals surface area contributed by atoms with Crippen LogP contribution in [0.5, 0.6) is 0 Å². The first-order valence-corrected chi connectivity index (χ1v) is 9.77. The number of ether oxygens (including phenoxy) is 1. The Bertz CT molecular complexity index is 1040. The summed E-state index contributed by atoms with van der Waals surface area (Å²) in [5, 5.41) is 15.6. The third kappa shape index (κ3) is 3.66. The van der Waals surface area contributed by atoms with E-state index in [2.05, 4.69) is 34.7 Å². The van der Waals surface area contributed by atoms with Crippen molar-refractivity contribution in [3.05, 3.63) is 77.2 Å². The molecule has 0 saturated carbocycles. The average Bonchev–Trinajstić information content (AvgIpc) is 3.34. The zero-order valence-electron chi connectivity index (χ0n) is 16.7. The van der Waals surface area contributed by atoms with Crippen molar-refractivity contribution < 1.29 is 24.0 Å². The smallest absolute Gasteiger partial charge is 0.407 e. The van der Waals surface area contributed by atoms with Gasteiger partial charge in [0.2, 0.25) is 5.76 Å². The molecule has 1 atom stereocenters. The second kappa shape index (κ2) is 8.02. The summed E-state index contributed by atoms with van der Waals surface area (Å²) in [6, 6.07) is 17.0. The number of carbonyl (C=O) groups excluding carboxylic acids is 1. The number of rotatable bonds is 6. The largest absolute Gasteiger partial charge is 0.475 e. The number of benzene rings is 2. The quantitative estimate of drug-likeness (QED) is 0.620. The normalized spacial score (nSPS) is 13.6. The van der Waals surface area contributed by atoms with E-state index in [9.17, 15) is 9.59 Å². The summed E-state index contributed by atoms with van der Waals surface area (Å²) in [6.07, 6.45) is -0.588. The van der Waals surface area contributed by atoms with E-state index in [1.165, 1.54) is 6.07 Å². The number of hydrogen-bond donors (Lipinski definition) is 2. The van der Waals surface area contributed by atoms with Crippen molar-refractivity contribution in [2.75, 3.05) is 6.61 Å². The molecule has 0 saturated heterocycles. The number of hydrogen-bond acceptors (Lipinski definition) is 5. The van der Waals surface area contributed by atoms with Crippen LogP contribution in [0.25, 0.3) is 11.1 Å². The Balaban J connectivity index is 1.47. The van der Waals surface area contributed by atoms with Crippen LogP contribution in [0.3, 0.4) is 0 Å². The van der Waals surface area contributed by atoms with Gasteiger partial charge in [-0.25, -0.2) is 9.59 Å². The number of carboxylic acid groups (broad SMARTS) is 1. The van der Waals surface area contributed by atoms with Gasteiger partial charge in [0, 0.05) is 12.0 Å². The van der Waals surface area contributed by atoms with E-state index in [1.807, 2.05) is 38.1 Å². The van der Waals surface area contributed by atoms with Gasteiger partial charge >= 0.3 is 12.1 Å². The number of carboxylic acids is 1. The van der Waals surface area contributed by atoms with Gasteiger partial charge in [-0.05, 0) is 28.2 Å². The second-order valence-corrected chi connectivity index (χ2v) is 7.61. The third-order valence-electron chi connectivity index (χ3n) is 5.34. The first-order valence-electron chi connectivity index (χ1n) is 9.77. The van der Waals surface area contributed by atoms with Gasteiger partial charge in [0.1, 0.15) is 12.3 Å². The number of amides is 1. The highest BCUT2D eigenvalue weighted by Gasteiger charge is 2.30. The zero-order chi connectivity index (χ0) is 21.3. The van der Waals surface area contributed by atoms with Crippen molar-refractivity contribution in [2.45, 2.75) is 25.8 Å². The first kappa shape index (κ1) is 19.7. The summed E-state index contributed by atoms with van der Waals surface area (Å²) in [5.41, 5.74) is 4.93. The van der Waals surface area contributed by atoms with E-state index in [0.717, 1.165) is 22.3 Å². The molecule has 2 N–H and O–H groups in total. The lowest BCUT2D eigenvalue weighted by Crippen LogP contribution is -2.33. The lowest BCUT2D eigenvalue weighted by Gasteiger charge is -2.21. The van der Waals surface area contributed by atoms with E-state index in [-0.39, 0.29) is 24.2 Å². The molecule has 0 radical (unpaired) electrons. The monoisotopic (exact) mass is 406 g/mol. The Morgan fingerprint density at radius 3 is 2.23 bits per heavy atom. The van der Waals surface area contributed by atoms with E-state index in [0.29, 0.717) is 5.69 Å². The number of nitrogens with zero attached hydrogens (tertiary/aromatic N) is 1. The standard InChI is InChI=1S/C23H22N2O5/c1-13(2)21(19-11-20(22(26)27)30-25-19)24-23(28)29-12-18-16-9-5-3-7-14(16)15-8-4-6-10-17(15)18/h3-11,13,18,21H,12H2,1-2H3,(H,24,28)(H,26,27)/t21-/m0/s1. The summed E-state index contributed by atoms with van der Waals surface area (Å²) in [5.74, 6) is -1.56. The fourth-order valence-electron chi connectivity index (χ4n) is 3.89. The highest BCUT2D eigenvalue weighted by atomic mass is 16.5. The molecule has 1 amide bonds. The lowest BCUT2D eigenvalue weighted by molar-refractivity contribution is 0.0651. The fraction of sp³-hybridized carbons (Fsp3) is 0.261. The molecule has 0 fully saturated rings. The van der Waals surface area contributed by atoms with Crippen LogP contribution in [-0.2, 0) is 4.74 Å². The van der Waals surface area contributed by atoms with Crippen LogP contribution in [0.1, 0.15) is 53.2 Å². The van der Waals surface area contributed by atoms with E-state index >= 15 is 0 Å². The molecule has 0 aliphatic heterocycles. The average molecular weight is 406 g/mol. The summed E-state index contributed by atoms with van der Waals surface area (Å²) in [4.78, 5) is 23.6. The van der Waals surface area contributed by atoms with Gasteiger partial charge in [-0.15, -0.1) is 0 Å². The maximum absolute atomic E-state index is 12.5. The van der Waals surface area contributed by atoms with Crippen molar-refractivity contribution >= 4 is 12.1 Å². The maximum Gasteiger partial charge on any atom is 0.407 e. The molecule has 30 heavy (non-hydrogen) atoms. The lowest BCUT2D eigenvalue weighted by atomic mass is 9.98. The topological polar surface area (TPSA) is 102 Å². The maximum atomic E-state index is 12.5. The van der Waals surface area contributed by atoms with Crippen molar-refractivity contribution in [1.29, 1.82) is 0 Å². The number of carbonyl (C=O) groups is 2. The molecule has 1 aliphatic carbocycles. The molecular weight excluding hydrogens is 384 g/mol. The van der Waals surface area contributed by atoms with Gasteiger partial charge in [-0.2, -0.15) is 0 Å². The summed E-state index contributed by atoms with van der Waals surface area (Å²) in [6.45, 7) is 3.98. The molecule has 2 aromatic carbocycles. The number of aromatic nitrogens is 1. The summed E-state index contributed by atoms with van der Waals surface area (Å²) >= 11 is 0. The van der Waals surface area contributed by atoms with Crippen molar-refractivity contribution in [2.24, 2.45) is 5.92 Å². The van der Waals surface area contributed by atoms with Crippen molar-refractivity contribution in [3.8, 4) is 11.1 Å². The van der Waals surface area contributed by atoms with Gasteiger partial charge in [-0.3, -0.25) is 0 Å². The predicted molar refractivity (Wildman–Crippen MR) is 109 cm³/mol. The van der Waals surface area contributed by atoms with Crippen molar-refractivity contribution in [1.82, 2.24) is 10.5 Å². The highest BCUT2D eigenvalue weighted by molar-refractivity contribution is 5.84. The van der Waals surface area contributed by atoms with Crippen LogP contribution in [-0.4, -0.2) is 28.9 Å². The molecule has 0 spiro atoms. The Morgan fingerprint density at radius 2 is 1.70 bits per heavy atom. The summed E-state index contributed by atoms with van der Waals surface area (Å²) < 4.78 is 10.4. The van der Waals surface area contributed by atoms with E-state index in [1.54, 1.807) is 0 Å². The van der Waals surface area contributed by atoms with Gasteiger partial charge in [0.25, 0.3) is 0 Å². The van der Waals surface area contributed by atoms with Crippen LogP contribution in [0, 0.1) is 5.92 Å². The summed E-state index contributed by atoms with van der Waals surface area (Å²) in [7, 11) is 0. The molecular formula is C23H22N2O5. The third-order valence-corrected chi connectivity index (χ3v) is 5.34. The van der Waals surface area contributed by atoms with Crippen LogP contribution < -0.4 is 5.32 Å². The van der Waals surface area contributed by atoms with E-state index < -0.39 is 18.1 Å². The molecule has 4 rings (SSSR count). The molecule has 154 valence electrons. The van der Waals surface area contributed by atoms with Crippen LogP contribution >= 0.6 is 0 Å². The molecule has 0 bridgehead atoms. The molecule has 3 aromatic rings. The van der Waals surface area contributed by atoms with Crippen LogP contribution in [0.15, 0.2) is 59.1 Å². The van der Waals surface area contributed by atoms with Crippen LogP contribution in [0.2, 0.25) is 0 Å². The molecule has 7 nitrogen and oxygen atoms in total. The molecule has 1 heterocycles. The van der Waals surface area contributed by atoms with Crippen molar-refractivity contribution in [3.63, 3.8) is 0 Å². The van der Waals surface area contributed by atoms with Gasteiger partial charge in [-0.1, -0.05) is 67.5 Å². The Labute approximate surface area is 173 Å². The Kier molecular flexibility index (Phi) is 5.27. The molecule has 1 aromatic heterocycles. The minimum atomic E-state index is -1.21. The van der Waals surface area contributed by atoms with Crippen LogP contribution in [0.4, 0.5) is 4.79 Å². The van der Waals surface area contributed by atoms with Gasteiger partial charge in [0.15, 0.2) is 0 Å². The Morgan fingerprint density at radius 1 is 1.10 bits per heavy atom. The molecule has 7 heteroatoms. The minimum absolute atomic E-state index is 0.0358. The van der Waals surface area contributed by atoms with Gasteiger partial charge in [0.05, 0.1) is 6.04 Å². The number of alkyl carbamates (subject to hydrolysis) is 1. The van der Waals surface area contributed by atoms with E-state index in [4.69, 9.17) is 14.4 Å². The number of aromatic carboxylic acids is 1. The first-order chi connectivity index (χ1) is 14.5. The predicted octanol–water partition coefficient (Wildman–Crippen LogP) is 4.61. The molecule has 1 aliphatic rings. The minimum Gasteiger partial charge on any atom is -0.475 e. The Hall–Kier alpha value is -3.61. The second-order valence-electron chi connectivity index (χ2n) is 7.61. The zero-order valence-corrected chi connectivity index (χ0v) is 16.7. The number of nitrogens with one attached hydrogen (secondary N) is 1. The number of fused-ring (bicyclic) bond motifs is 3. The SMILES string of the molecule is CC(C)[C@H](NC(=O)OCC1c2ccccc2-c2ccccc21)c1cc(C(=O)O)on1. The van der Waals surface area contributed by atoms with Gasteiger partial charge < -0.3 is 19.7 Å². The molecule has 0 unspecified atom stereocenters. The fourth-order valence-corrected chi connectivity index (χ4v) is 3.89. The highest BCUT2D eigenvalue weighted by Crippen LogP contribution is 2.44.